The highest BCUT2D eigenvalue weighted by molar-refractivity contribution is 5.52. The van der Waals surface area contributed by atoms with Crippen LogP contribution in [0.5, 0.6) is 0 Å². The average Bonchev–Trinajstić information content (AvgIpc) is 2.42. The van der Waals surface area contributed by atoms with E-state index in [9.17, 15) is 0 Å². The van der Waals surface area contributed by atoms with Gasteiger partial charge in [0, 0.05) is 38.0 Å². The van der Waals surface area contributed by atoms with Crippen LogP contribution >= 0.6 is 0 Å². The van der Waals surface area contributed by atoms with Gasteiger partial charge < -0.3 is 15.0 Å². The van der Waals surface area contributed by atoms with Crippen LogP contribution in [0.2, 0.25) is 0 Å². The van der Waals surface area contributed by atoms with Gasteiger partial charge in [-0.15, -0.1) is 0 Å². The summed E-state index contributed by atoms with van der Waals surface area (Å²) in [6.45, 7) is 7.18. The van der Waals surface area contributed by atoms with Crippen LogP contribution in [-0.4, -0.2) is 38.3 Å². The van der Waals surface area contributed by atoms with Crippen LogP contribution in [0.25, 0.3) is 0 Å². The smallest absolute Gasteiger partial charge is 0.133 e. The van der Waals surface area contributed by atoms with Gasteiger partial charge >= 0.3 is 0 Å². The molecular weight excluding hydrogens is 238 g/mol. The van der Waals surface area contributed by atoms with Crippen LogP contribution in [0.1, 0.15) is 29.7 Å². The molecule has 1 saturated heterocycles. The van der Waals surface area contributed by atoms with Gasteiger partial charge in [0.25, 0.3) is 0 Å². The fourth-order valence-corrected chi connectivity index (χ4v) is 2.80. The van der Waals surface area contributed by atoms with E-state index in [1.165, 1.54) is 11.1 Å². The molecule has 4 heteroatoms. The summed E-state index contributed by atoms with van der Waals surface area (Å²) in [5, 5.41) is 3.25. The zero-order valence-electron chi connectivity index (χ0n) is 12.5. The highest BCUT2D eigenvalue weighted by atomic mass is 16.5. The molecule has 1 N–H and O–H groups in total. The third-order valence-electron chi connectivity index (χ3n) is 3.88. The van der Waals surface area contributed by atoms with Crippen molar-refractivity contribution in [2.75, 3.05) is 32.1 Å². The molecule has 0 unspecified atom stereocenters. The lowest BCUT2D eigenvalue weighted by molar-refractivity contribution is 0.0817. The van der Waals surface area contributed by atoms with E-state index in [4.69, 9.17) is 9.72 Å². The van der Waals surface area contributed by atoms with E-state index in [1.807, 2.05) is 14.2 Å². The van der Waals surface area contributed by atoms with E-state index < -0.39 is 0 Å². The highest BCUT2D eigenvalue weighted by Gasteiger charge is 2.22. The van der Waals surface area contributed by atoms with Crippen molar-refractivity contribution in [3.63, 3.8) is 0 Å². The molecule has 1 aromatic heterocycles. The Bertz CT molecular complexity index is 426. The molecule has 2 heterocycles. The Balaban J connectivity index is 2.23. The summed E-state index contributed by atoms with van der Waals surface area (Å²) < 4.78 is 5.44. The van der Waals surface area contributed by atoms with Crippen LogP contribution in [0.3, 0.4) is 0 Å². The maximum Gasteiger partial charge on any atom is 0.133 e. The topological polar surface area (TPSA) is 37.4 Å². The molecule has 0 amide bonds. The maximum absolute atomic E-state index is 5.44. The van der Waals surface area contributed by atoms with Crippen molar-refractivity contribution in [2.24, 2.45) is 0 Å². The van der Waals surface area contributed by atoms with Crippen LogP contribution in [0.4, 0.5) is 5.82 Å². The van der Waals surface area contributed by atoms with Crippen molar-refractivity contribution >= 4 is 5.82 Å². The number of aromatic nitrogens is 1. The fourth-order valence-electron chi connectivity index (χ4n) is 2.80. The highest BCUT2D eigenvalue weighted by Crippen LogP contribution is 2.26. The number of ether oxygens (including phenoxy) is 1. The van der Waals surface area contributed by atoms with Gasteiger partial charge in [-0.25, -0.2) is 4.98 Å². The van der Waals surface area contributed by atoms with Crippen LogP contribution in [-0.2, 0) is 11.3 Å². The van der Waals surface area contributed by atoms with E-state index >= 15 is 0 Å². The molecule has 0 spiro atoms. The number of hydrogen-bond acceptors (Lipinski definition) is 4. The van der Waals surface area contributed by atoms with Crippen molar-refractivity contribution in [1.29, 1.82) is 0 Å². The Hall–Kier alpha value is -1.13. The predicted molar refractivity (Wildman–Crippen MR) is 78.7 cm³/mol. The van der Waals surface area contributed by atoms with Crippen LogP contribution in [0.15, 0.2) is 6.07 Å². The average molecular weight is 263 g/mol. The molecule has 106 valence electrons. The first-order valence-corrected chi connectivity index (χ1v) is 7.05. The lowest BCUT2D eigenvalue weighted by atomic mass is 10.0. The van der Waals surface area contributed by atoms with E-state index in [1.54, 1.807) is 0 Å². The molecule has 2 rings (SSSR count). The summed E-state index contributed by atoms with van der Waals surface area (Å²) in [7, 11) is 3.79. The number of nitrogens with one attached hydrogen (secondary N) is 1. The molecule has 1 fully saturated rings. The van der Waals surface area contributed by atoms with E-state index in [0.29, 0.717) is 6.10 Å². The van der Waals surface area contributed by atoms with Crippen molar-refractivity contribution in [3.8, 4) is 0 Å². The molecule has 0 bridgehead atoms. The number of piperidine rings is 1. The summed E-state index contributed by atoms with van der Waals surface area (Å²) in [5.41, 5.74) is 3.75. The number of rotatable bonds is 4. The molecule has 0 aromatic carbocycles. The van der Waals surface area contributed by atoms with Gasteiger partial charge in [0.2, 0.25) is 0 Å². The standard InChI is InChI=1S/C15H25N3O/c1-11-9-12(2)17-15(14(11)10-16-3)18-7-5-13(19-4)6-8-18/h9,13,16H,5-8,10H2,1-4H3. The molecule has 0 atom stereocenters. The molecule has 0 saturated carbocycles. The first kappa shape index (κ1) is 14.3. The van der Waals surface area contributed by atoms with Gasteiger partial charge in [-0.05, 0) is 45.4 Å². The summed E-state index contributed by atoms with van der Waals surface area (Å²) in [4.78, 5) is 7.18. The van der Waals surface area contributed by atoms with Crippen molar-refractivity contribution in [1.82, 2.24) is 10.3 Å². The van der Waals surface area contributed by atoms with E-state index in [2.05, 4.69) is 30.1 Å². The largest absolute Gasteiger partial charge is 0.381 e. The van der Waals surface area contributed by atoms with Crippen LogP contribution in [0, 0.1) is 13.8 Å². The monoisotopic (exact) mass is 263 g/mol. The molecule has 0 aliphatic carbocycles. The molecule has 19 heavy (non-hydrogen) atoms. The van der Waals surface area contributed by atoms with Gasteiger partial charge in [-0.1, -0.05) is 0 Å². The van der Waals surface area contributed by atoms with Gasteiger partial charge in [0.15, 0.2) is 0 Å². The maximum atomic E-state index is 5.44. The van der Waals surface area contributed by atoms with E-state index in [-0.39, 0.29) is 0 Å². The number of aryl methyl sites for hydroxylation is 2. The second-order valence-corrected chi connectivity index (χ2v) is 5.34. The number of nitrogens with zero attached hydrogens (tertiary/aromatic N) is 2. The van der Waals surface area contributed by atoms with E-state index in [0.717, 1.165) is 44.0 Å². The van der Waals surface area contributed by atoms with Crippen molar-refractivity contribution < 1.29 is 4.74 Å². The van der Waals surface area contributed by atoms with Gasteiger partial charge in [0.05, 0.1) is 6.10 Å². The number of pyridine rings is 1. The Morgan fingerprint density at radius 3 is 2.63 bits per heavy atom. The number of anilines is 1. The lowest BCUT2D eigenvalue weighted by Gasteiger charge is -2.33. The molecule has 4 nitrogen and oxygen atoms in total. The SMILES string of the molecule is CNCc1c(C)cc(C)nc1N1CCC(OC)CC1. The van der Waals surface area contributed by atoms with Crippen LogP contribution < -0.4 is 10.2 Å². The zero-order valence-corrected chi connectivity index (χ0v) is 12.5. The van der Waals surface area contributed by atoms with Gasteiger partial charge in [0.1, 0.15) is 5.82 Å². The third-order valence-corrected chi connectivity index (χ3v) is 3.88. The normalized spacial score (nSPS) is 16.9. The number of hydrogen-bond donors (Lipinski definition) is 1. The summed E-state index contributed by atoms with van der Waals surface area (Å²) in [6.07, 6.45) is 2.59. The molecule has 1 aromatic rings. The summed E-state index contributed by atoms with van der Waals surface area (Å²) >= 11 is 0. The summed E-state index contributed by atoms with van der Waals surface area (Å²) in [6, 6.07) is 2.16. The third kappa shape index (κ3) is 3.25. The Morgan fingerprint density at radius 1 is 1.37 bits per heavy atom. The quantitative estimate of drug-likeness (QED) is 0.902. The van der Waals surface area contributed by atoms with Gasteiger partial charge in [-0.3, -0.25) is 0 Å². The Kier molecular flexibility index (Phi) is 4.77. The second kappa shape index (κ2) is 6.35. The minimum atomic E-state index is 0.412. The lowest BCUT2D eigenvalue weighted by Crippen LogP contribution is -2.38. The summed E-state index contributed by atoms with van der Waals surface area (Å²) in [5.74, 6) is 1.15. The second-order valence-electron chi connectivity index (χ2n) is 5.34. The molecule has 1 aliphatic heterocycles. The Labute approximate surface area is 116 Å². The van der Waals surface area contributed by atoms with Gasteiger partial charge in [-0.2, -0.15) is 0 Å². The first-order valence-electron chi connectivity index (χ1n) is 7.05. The molecule has 0 radical (unpaired) electrons. The number of methoxy groups -OCH3 is 1. The van der Waals surface area contributed by atoms with Crippen molar-refractivity contribution in [2.45, 2.75) is 39.3 Å². The Morgan fingerprint density at radius 2 is 2.05 bits per heavy atom. The predicted octanol–water partition coefficient (Wildman–Crippen LogP) is 2.03. The molecular formula is C15H25N3O. The minimum Gasteiger partial charge on any atom is -0.381 e. The first-order chi connectivity index (χ1) is 9.15. The minimum absolute atomic E-state index is 0.412. The molecule has 1 aliphatic rings. The fraction of sp³-hybridized carbons (Fsp3) is 0.667. The zero-order chi connectivity index (χ0) is 13.8. The van der Waals surface area contributed by atoms with Crippen molar-refractivity contribution in [3.05, 3.63) is 22.9 Å².